The van der Waals surface area contributed by atoms with E-state index in [0.717, 1.165) is 0 Å². The molecule has 1 aliphatic rings. The van der Waals surface area contributed by atoms with Crippen LogP contribution in [0.3, 0.4) is 0 Å². The molecule has 0 N–H and O–H groups in total. The van der Waals surface area contributed by atoms with Crippen molar-refractivity contribution >= 4 is 10.8 Å². The van der Waals surface area contributed by atoms with E-state index in [1.165, 1.54) is 78.0 Å². The molecule has 0 saturated heterocycles. The van der Waals surface area contributed by atoms with Gasteiger partial charge in [-0.1, -0.05) is 73.6 Å². The van der Waals surface area contributed by atoms with E-state index in [1.54, 1.807) is 5.56 Å². The summed E-state index contributed by atoms with van der Waals surface area (Å²) in [5, 5.41) is 2.83. The molecular weight excluding hydrogens is 404 g/mol. The summed E-state index contributed by atoms with van der Waals surface area (Å²) in [5.41, 5.74) is 7.51. The first-order chi connectivity index (χ1) is 12.6. The molecular formula is C26H31Zr-. The zero-order valence-electron chi connectivity index (χ0n) is 17.1. The van der Waals surface area contributed by atoms with E-state index in [2.05, 4.69) is 69.3 Å². The SMILES string of the molecule is CCC1(Cc2cc3c(-c4cc(C)cc(C)c4)cccc3[cH-]2)CCCCC1.[Zr]. The zero-order valence-corrected chi connectivity index (χ0v) is 19.5. The fourth-order valence-electron chi connectivity index (χ4n) is 5.17. The van der Waals surface area contributed by atoms with Crippen molar-refractivity contribution < 1.29 is 26.2 Å². The number of rotatable bonds is 4. The van der Waals surface area contributed by atoms with E-state index in [9.17, 15) is 0 Å². The van der Waals surface area contributed by atoms with Crippen molar-refractivity contribution in [3.05, 3.63) is 65.2 Å². The molecule has 0 heterocycles. The summed E-state index contributed by atoms with van der Waals surface area (Å²) in [5.74, 6) is 0. The number of hydrogen-bond donors (Lipinski definition) is 0. The Bertz CT molecular complexity index is 889. The van der Waals surface area contributed by atoms with Crippen LogP contribution in [0.15, 0.2) is 48.5 Å². The first-order valence-corrected chi connectivity index (χ1v) is 10.4. The molecule has 0 aromatic heterocycles. The molecule has 0 nitrogen and oxygen atoms in total. The molecule has 0 aliphatic heterocycles. The van der Waals surface area contributed by atoms with Crippen LogP contribution in [0.25, 0.3) is 21.9 Å². The van der Waals surface area contributed by atoms with Gasteiger partial charge in [0.05, 0.1) is 0 Å². The van der Waals surface area contributed by atoms with E-state index in [0.29, 0.717) is 5.41 Å². The minimum atomic E-state index is 0. The molecule has 0 unspecified atom stereocenters. The van der Waals surface area contributed by atoms with Gasteiger partial charge in [0.1, 0.15) is 0 Å². The molecule has 1 aliphatic carbocycles. The molecule has 0 radical (unpaired) electrons. The van der Waals surface area contributed by atoms with Crippen molar-refractivity contribution in [2.75, 3.05) is 0 Å². The van der Waals surface area contributed by atoms with Gasteiger partial charge < -0.3 is 0 Å². The Morgan fingerprint density at radius 3 is 2.30 bits per heavy atom. The quantitative estimate of drug-likeness (QED) is 0.368. The van der Waals surface area contributed by atoms with Crippen molar-refractivity contribution in [1.82, 2.24) is 0 Å². The second-order valence-electron chi connectivity index (χ2n) is 8.64. The fraction of sp³-hybridized carbons (Fsp3) is 0.423. The Hall–Kier alpha value is -1.07. The maximum Gasteiger partial charge on any atom is 0 e. The van der Waals surface area contributed by atoms with E-state index in [1.807, 2.05) is 0 Å². The smallest absolute Gasteiger partial charge is 0 e. The number of aryl methyl sites for hydroxylation is 2. The summed E-state index contributed by atoms with van der Waals surface area (Å²) in [6.07, 6.45) is 9.66. The van der Waals surface area contributed by atoms with Crippen LogP contribution >= 0.6 is 0 Å². The average Bonchev–Trinajstić information content (AvgIpc) is 3.03. The van der Waals surface area contributed by atoms with E-state index < -0.39 is 0 Å². The summed E-state index contributed by atoms with van der Waals surface area (Å²) < 4.78 is 0. The number of benzene rings is 2. The molecule has 27 heavy (non-hydrogen) atoms. The third kappa shape index (κ3) is 4.35. The molecule has 1 saturated carbocycles. The van der Waals surface area contributed by atoms with Crippen molar-refractivity contribution in [1.29, 1.82) is 0 Å². The van der Waals surface area contributed by atoms with Crippen molar-refractivity contribution in [3.8, 4) is 11.1 Å². The predicted octanol–water partition coefficient (Wildman–Crippen LogP) is 7.74. The molecule has 3 aromatic rings. The van der Waals surface area contributed by atoms with E-state index >= 15 is 0 Å². The summed E-state index contributed by atoms with van der Waals surface area (Å²) in [4.78, 5) is 0. The molecule has 0 bridgehead atoms. The second-order valence-corrected chi connectivity index (χ2v) is 8.64. The normalized spacial score (nSPS) is 16.3. The molecule has 3 aromatic carbocycles. The Morgan fingerprint density at radius 2 is 1.63 bits per heavy atom. The van der Waals surface area contributed by atoms with Crippen LogP contribution in [0, 0.1) is 19.3 Å². The summed E-state index contributed by atoms with van der Waals surface area (Å²) in [6, 6.07) is 18.6. The van der Waals surface area contributed by atoms with Gasteiger partial charge in [0.15, 0.2) is 0 Å². The molecule has 4 rings (SSSR count). The van der Waals surface area contributed by atoms with Crippen LogP contribution in [-0.4, -0.2) is 0 Å². The van der Waals surface area contributed by atoms with Crippen molar-refractivity contribution in [3.63, 3.8) is 0 Å². The Labute approximate surface area is 183 Å². The molecule has 1 heteroatoms. The molecule has 1 fully saturated rings. The van der Waals surface area contributed by atoms with Crippen molar-refractivity contribution in [2.45, 2.75) is 65.7 Å². The van der Waals surface area contributed by atoms with Crippen LogP contribution in [0.2, 0.25) is 0 Å². The van der Waals surface area contributed by atoms with Crippen LogP contribution in [0.5, 0.6) is 0 Å². The molecule has 0 atom stereocenters. The standard InChI is InChI=1S/C26H31.Zr/c1-4-26(11-6-5-7-12-26)18-21-16-22-9-8-10-24(25(22)17-21)23-14-19(2)13-20(3)15-23;/h8-10,13-17H,4-7,11-12,18H2,1-3H3;/q-1;. The van der Waals surface area contributed by atoms with Gasteiger partial charge in [-0.3, -0.25) is 0 Å². The van der Waals surface area contributed by atoms with Crippen LogP contribution in [0.4, 0.5) is 0 Å². The summed E-state index contributed by atoms with van der Waals surface area (Å²) in [6.45, 7) is 6.79. The van der Waals surface area contributed by atoms with Gasteiger partial charge in [-0.2, -0.15) is 6.07 Å². The third-order valence-corrected chi connectivity index (χ3v) is 6.59. The molecule has 0 spiro atoms. The molecule has 140 valence electrons. The van der Waals surface area contributed by atoms with Crippen LogP contribution < -0.4 is 0 Å². The largest absolute Gasteiger partial charge is 0.164 e. The van der Waals surface area contributed by atoms with Gasteiger partial charge in [0, 0.05) is 26.2 Å². The van der Waals surface area contributed by atoms with Gasteiger partial charge in [-0.15, -0.1) is 34.5 Å². The summed E-state index contributed by atoms with van der Waals surface area (Å²) in [7, 11) is 0. The van der Waals surface area contributed by atoms with Gasteiger partial charge in [0.25, 0.3) is 0 Å². The first kappa shape index (κ1) is 20.7. The maximum absolute atomic E-state index is 2.48. The van der Waals surface area contributed by atoms with E-state index in [-0.39, 0.29) is 26.2 Å². The Morgan fingerprint density at radius 1 is 0.926 bits per heavy atom. The minimum absolute atomic E-state index is 0. The van der Waals surface area contributed by atoms with Crippen molar-refractivity contribution in [2.24, 2.45) is 5.41 Å². The van der Waals surface area contributed by atoms with Gasteiger partial charge in [-0.25, -0.2) is 0 Å². The topological polar surface area (TPSA) is 0 Å². The zero-order chi connectivity index (χ0) is 18.1. The summed E-state index contributed by atoms with van der Waals surface area (Å²) >= 11 is 0. The monoisotopic (exact) mass is 433 g/mol. The van der Waals surface area contributed by atoms with Crippen LogP contribution in [0.1, 0.15) is 62.1 Å². The van der Waals surface area contributed by atoms with E-state index in [4.69, 9.17) is 0 Å². The second kappa shape index (κ2) is 8.52. The predicted molar refractivity (Wildman–Crippen MR) is 114 cm³/mol. The van der Waals surface area contributed by atoms with Gasteiger partial charge >= 0.3 is 0 Å². The first-order valence-electron chi connectivity index (χ1n) is 10.4. The molecule has 0 amide bonds. The van der Waals surface area contributed by atoms with Gasteiger partial charge in [0.2, 0.25) is 0 Å². The third-order valence-electron chi connectivity index (χ3n) is 6.59. The average molecular weight is 435 g/mol. The Kier molecular flexibility index (Phi) is 6.52. The maximum atomic E-state index is 2.48. The number of hydrogen-bond acceptors (Lipinski definition) is 0. The number of fused-ring (bicyclic) bond motifs is 1. The Balaban J connectivity index is 0.00000210. The minimum Gasteiger partial charge on any atom is -0.164 e. The van der Waals surface area contributed by atoms with Gasteiger partial charge in [-0.05, 0) is 44.1 Å². The van der Waals surface area contributed by atoms with Crippen LogP contribution in [-0.2, 0) is 32.6 Å². The fourth-order valence-corrected chi connectivity index (χ4v) is 5.17.